The molecule has 2 aromatic carbocycles. The molecule has 0 heterocycles. The van der Waals surface area contributed by atoms with Crippen LogP contribution in [0.25, 0.3) is 0 Å². The van der Waals surface area contributed by atoms with Gasteiger partial charge in [0.05, 0.1) is 5.60 Å². The van der Waals surface area contributed by atoms with Crippen LogP contribution in [0.1, 0.15) is 31.9 Å². The third-order valence-electron chi connectivity index (χ3n) is 3.73. The summed E-state index contributed by atoms with van der Waals surface area (Å²) in [4.78, 5) is 0.923. The predicted octanol–water partition coefficient (Wildman–Crippen LogP) is 4.84. The lowest BCUT2D eigenvalue weighted by molar-refractivity contribution is -0.259. The number of hydrogen-bond acceptors (Lipinski definition) is 3. The Balaban J connectivity index is 2.51. The Labute approximate surface area is 143 Å². The van der Waals surface area contributed by atoms with Gasteiger partial charge in [0, 0.05) is 15.4 Å². The number of alkyl halides is 3. The lowest BCUT2D eigenvalue weighted by Gasteiger charge is -2.29. The zero-order valence-electron chi connectivity index (χ0n) is 13.6. The lowest BCUT2D eigenvalue weighted by atomic mass is 9.95. The number of aliphatic hydroxyl groups is 2. The van der Waals surface area contributed by atoms with E-state index in [-0.39, 0.29) is 10.5 Å². The van der Waals surface area contributed by atoms with Gasteiger partial charge in [0.25, 0.3) is 0 Å². The summed E-state index contributed by atoms with van der Waals surface area (Å²) in [6.07, 6.45) is -4.79. The normalized spacial score (nSPS) is 15.2. The first-order chi connectivity index (χ1) is 10.9. The fourth-order valence-corrected chi connectivity index (χ4v) is 3.62. The maximum absolute atomic E-state index is 13.2. The number of rotatable bonds is 4. The van der Waals surface area contributed by atoms with Gasteiger partial charge in [-0.25, -0.2) is 0 Å². The monoisotopic (exact) mass is 356 g/mol. The minimum atomic E-state index is -4.79. The summed E-state index contributed by atoms with van der Waals surface area (Å²) in [7, 11) is 0. The Bertz CT molecular complexity index is 719. The van der Waals surface area contributed by atoms with Gasteiger partial charge in [0.1, 0.15) is 0 Å². The fraction of sp³-hybridized carbons (Fsp3) is 0.333. The molecule has 130 valence electrons. The van der Waals surface area contributed by atoms with E-state index in [4.69, 9.17) is 0 Å². The topological polar surface area (TPSA) is 40.5 Å². The van der Waals surface area contributed by atoms with Gasteiger partial charge in [-0.3, -0.25) is 0 Å². The first-order valence-electron chi connectivity index (χ1n) is 7.33. The highest BCUT2D eigenvalue weighted by Gasteiger charge is 2.52. The van der Waals surface area contributed by atoms with Gasteiger partial charge in [0.2, 0.25) is 0 Å². The molecule has 0 aliphatic rings. The van der Waals surface area contributed by atoms with Gasteiger partial charge in [-0.2, -0.15) is 13.2 Å². The number of halogens is 3. The highest BCUT2D eigenvalue weighted by atomic mass is 32.2. The molecule has 2 rings (SSSR count). The van der Waals surface area contributed by atoms with E-state index < -0.39 is 17.4 Å². The lowest BCUT2D eigenvalue weighted by Crippen LogP contribution is -2.39. The predicted molar refractivity (Wildman–Crippen MR) is 87.9 cm³/mol. The molecule has 0 aromatic heterocycles. The molecule has 0 aliphatic carbocycles. The van der Waals surface area contributed by atoms with Gasteiger partial charge < -0.3 is 10.2 Å². The molecule has 1 atom stereocenters. The van der Waals surface area contributed by atoms with Crippen molar-refractivity contribution in [2.45, 2.75) is 47.9 Å². The van der Waals surface area contributed by atoms with Gasteiger partial charge in [-0.05, 0) is 38.5 Å². The standard InChI is InChI=1S/C18H19F3O2S/c1-16(2,22)12-8-4-6-10-14(12)24-15-11-7-5-9-13(15)17(3,23)18(19,20)21/h4-11,22-23H,1-3H3. The van der Waals surface area contributed by atoms with Crippen molar-refractivity contribution in [3.63, 3.8) is 0 Å². The van der Waals surface area contributed by atoms with Crippen LogP contribution in [0.4, 0.5) is 13.2 Å². The van der Waals surface area contributed by atoms with E-state index in [0.717, 1.165) is 18.7 Å². The van der Waals surface area contributed by atoms with E-state index in [1.54, 1.807) is 44.2 Å². The Morgan fingerprint density at radius 3 is 1.62 bits per heavy atom. The van der Waals surface area contributed by atoms with E-state index in [1.807, 2.05) is 0 Å². The van der Waals surface area contributed by atoms with Gasteiger partial charge in [-0.1, -0.05) is 48.2 Å². The molecule has 6 heteroatoms. The Kier molecular flexibility index (Phi) is 5.04. The molecule has 0 aliphatic heterocycles. The van der Waals surface area contributed by atoms with Crippen LogP contribution in [0.15, 0.2) is 58.3 Å². The van der Waals surface area contributed by atoms with Crippen LogP contribution in [-0.2, 0) is 11.2 Å². The smallest absolute Gasteiger partial charge is 0.386 e. The third-order valence-corrected chi connectivity index (χ3v) is 4.88. The van der Waals surface area contributed by atoms with E-state index >= 15 is 0 Å². The molecule has 24 heavy (non-hydrogen) atoms. The molecule has 2 aromatic rings. The summed E-state index contributed by atoms with van der Waals surface area (Å²) in [5.41, 5.74) is -3.70. The first kappa shape index (κ1) is 18.8. The average molecular weight is 356 g/mol. The van der Waals surface area contributed by atoms with Gasteiger partial charge >= 0.3 is 6.18 Å². The highest BCUT2D eigenvalue weighted by molar-refractivity contribution is 7.99. The van der Waals surface area contributed by atoms with Crippen molar-refractivity contribution in [3.8, 4) is 0 Å². The van der Waals surface area contributed by atoms with Crippen LogP contribution >= 0.6 is 11.8 Å². The van der Waals surface area contributed by atoms with Crippen LogP contribution in [0.3, 0.4) is 0 Å². The van der Waals surface area contributed by atoms with Crippen molar-refractivity contribution in [2.24, 2.45) is 0 Å². The zero-order valence-corrected chi connectivity index (χ0v) is 14.4. The quantitative estimate of drug-likeness (QED) is 0.824. The molecule has 0 saturated carbocycles. The summed E-state index contributed by atoms with van der Waals surface area (Å²) in [6.45, 7) is 3.97. The van der Waals surface area contributed by atoms with Crippen molar-refractivity contribution in [2.75, 3.05) is 0 Å². The van der Waals surface area contributed by atoms with Crippen molar-refractivity contribution >= 4 is 11.8 Å². The average Bonchev–Trinajstić information content (AvgIpc) is 2.46. The molecule has 0 saturated heterocycles. The van der Waals surface area contributed by atoms with Crippen molar-refractivity contribution in [3.05, 3.63) is 59.7 Å². The second-order valence-corrected chi connectivity index (χ2v) is 7.31. The van der Waals surface area contributed by atoms with E-state index in [9.17, 15) is 23.4 Å². The van der Waals surface area contributed by atoms with E-state index in [1.165, 1.54) is 18.2 Å². The molecule has 2 nitrogen and oxygen atoms in total. The minimum Gasteiger partial charge on any atom is -0.386 e. The summed E-state index contributed by atoms with van der Waals surface area (Å²) < 4.78 is 39.6. The van der Waals surface area contributed by atoms with E-state index in [2.05, 4.69) is 0 Å². The molecule has 1 unspecified atom stereocenters. The molecule has 0 fully saturated rings. The SMILES string of the molecule is CC(C)(O)c1ccccc1Sc1ccccc1C(C)(O)C(F)(F)F. The minimum absolute atomic E-state index is 0.215. The molecule has 2 N–H and O–H groups in total. The van der Waals surface area contributed by atoms with Crippen LogP contribution in [0.5, 0.6) is 0 Å². The van der Waals surface area contributed by atoms with Crippen LogP contribution < -0.4 is 0 Å². The largest absolute Gasteiger partial charge is 0.421 e. The Morgan fingerprint density at radius 1 is 0.750 bits per heavy atom. The summed E-state index contributed by atoms with van der Waals surface area (Å²) in [6, 6.07) is 12.8. The fourth-order valence-electron chi connectivity index (χ4n) is 2.29. The maximum atomic E-state index is 13.2. The molecule has 0 amide bonds. The second-order valence-electron chi connectivity index (χ2n) is 6.22. The number of hydrogen-bond donors (Lipinski definition) is 2. The summed E-state index contributed by atoms with van der Waals surface area (Å²) >= 11 is 1.09. The molecule has 0 radical (unpaired) electrons. The second kappa shape index (κ2) is 6.43. The Hall–Kier alpha value is -1.50. The number of benzene rings is 2. The van der Waals surface area contributed by atoms with E-state index in [0.29, 0.717) is 10.5 Å². The maximum Gasteiger partial charge on any atom is 0.421 e. The zero-order chi connectivity index (χ0) is 18.2. The molecular formula is C18H19F3O2S. The van der Waals surface area contributed by atoms with Gasteiger partial charge in [-0.15, -0.1) is 0 Å². The highest BCUT2D eigenvalue weighted by Crippen LogP contribution is 2.45. The van der Waals surface area contributed by atoms with Crippen molar-refractivity contribution in [1.82, 2.24) is 0 Å². The van der Waals surface area contributed by atoms with Crippen molar-refractivity contribution in [1.29, 1.82) is 0 Å². The molecule has 0 bridgehead atoms. The third kappa shape index (κ3) is 3.77. The Morgan fingerprint density at radius 2 is 1.17 bits per heavy atom. The molecular weight excluding hydrogens is 337 g/mol. The van der Waals surface area contributed by atoms with Gasteiger partial charge in [0.15, 0.2) is 5.60 Å². The van der Waals surface area contributed by atoms with Crippen LogP contribution in [0, 0.1) is 0 Å². The van der Waals surface area contributed by atoms with Crippen LogP contribution in [0.2, 0.25) is 0 Å². The van der Waals surface area contributed by atoms with Crippen LogP contribution in [-0.4, -0.2) is 16.4 Å². The molecule has 0 spiro atoms. The first-order valence-corrected chi connectivity index (χ1v) is 8.14. The summed E-state index contributed by atoms with van der Waals surface area (Å²) in [5, 5.41) is 20.3. The summed E-state index contributed by atoms with van der Waals surface area (Å²) in [5.74, 6) is 0. The van der Waals surface area contributed by atoms with Crippen molar-refractivity contribution < 1.29 is 23.4 Å².